The molecule has 0 bridgehead atoms. The smallest absolute Gasteiger partial charge is 0.237 e. The zero-order valence-corrected chi connectivity index (χ0v) is 20.7. The summed E-state index contributed by atoms with van der Waals surface area (Å²) in [6, 6.07) is 5.72. The van der Waals surface area contributed by atoms with Gasteiger partial charge in [-0.15, -0.1) is 0 Å². The van der Waals surface area contributed by atoms with Gasteiger partial charge in [-0.25, -0.2) is 19.3 Å². The molecule has 0 radical (unpaired) electrons. The monoisotopic (exact) mass is 505 g/mol. The van der Waals surface area contributed by atoms with Crippen LogP contribution in [0.1, 0.15) is 16.7 Å². The van der Waals surface area contributed by atoms with Crippen molar-refractivity contribution in [2.75, 3.05) is 43.1 Å². The molecule has 0 atom stereocenters. The van der Waals surface area contributed by atoms with E-state index in [4.69, 9.17) is 22.1 Å². The number of halogens is 2. The molecule has 2 aromatic heterocycles. The standard InChI is InChI=1S/C26H25ClFN7O/c1-13-17(10-31-25-24(13)30-4-6-36-25)16-9-20-18(23(29)22(16)28)11-32-26(33-20)34-21-8-15-12-35(2)5-3-14(15)7-19(21)27/h7-11,30H,3-6,12,29H2,1-2H3,(H,32,33,34). The Morgan fingerprint density at radius 1 is 1.17 bits per heavy atom. The molecule has 4 aromatic rings. The maximum Gasteiger partial charge on any atom is 0.237 e. The Bertz CT molecular complexity index is 1530. The highest BCUT2D eigenvalue weighted by molar-refractivity contribution is 6.33. The van der Waals surface area contributed by atoms with Gasteiger partial charge in [0, 0.05) is 48.5 Å². The van der Waals surface area contributed by atoms with Crippen molar-refractivity contribution in [3.05, 3.63) is 58.1 Å². The minimum Gasteiger partial charge on any atom is -0.474 e. The lowest BCUT2D eigenvalue weighted by Gasteiger charge is -2.26. The summed E-state index contributed by atoms with van der Waals surface area (Å²) < 4.78 is 21.0. The summed E-state index contributed by atoms with van der Waals surface area (Å²) in [5, 5.41) is 7.55. The fourth-order valence-corrected chi connectivity index (χ4v) is 5.09. The minimum atomic E-state index is -0.532. The zero-order valence-electron chi connectivity index (χ0n) is 20.0. The van der Waals surface area contributed by atoms with Gasteiger partial charge in [-0.3, -0.25) is 0 Å². The molecule has 0 amide bonds. The van der Waals surface area contributed by atoms with Gasteiger partial charge in [0.2, 0.25) is 11.8 Å². The van der Waals surface area contributed by atoms with Crippen molar-refractivity contribution >= 4 is 45.5 Å². The van der Waals surface area contributed by atoms with Crippen LogP contribution in [-0.4, -0.2) is 46.6 Å². The molecule has 0 spiro atoms. The Morgan fingerprint density at radius 2 is 2.03 bits per heavy atom. The largest absolute Gasteiger partial charge is 0.474 e. The maximum atomic E-state index is 15.4. The van der Waals surface area contributed by atoms with Crippen molar-refractivity contribution < 1.29 is 9.13 Å². The number of ether oxygens (including phenoxy) is 1. The SMILES string of the molecule is Cc1c(-c2cc3nc(Nc4cc5c(cc4Cl)CCN(C)C5)ncc3c(N)c2F)cnc2c1NCCO2. The van der Waals surface area contributed by atoms with Crippen LogP contribution < -0.4 is 21.1 Å². The third kappa shape index (κ3) is 3.84. The predicted molar refractivity (Wildman–Crippen MR) is 141 cm³/mol. The Labute approximate surface area is 212 Å². The van der Waals surface area contributed by atoms with Gasteiger partial charge in [0.25, 0.3) is 0 Å². The number of hydrogen-bond donors (Lipinski definition) is 3. The van der Waals surface area contributed by atoms with Gasteiger partial charge in [0.05, 0.1) is 21.9 Å². The number of pyridine rings is 1. The van der Waals surface area contributed by atoms with E-state index in [9.17, 15) is 0 Å². The molecular formula is C26H25ClFN7O. The van der Waals surface area contributed by atoms with Crippen LogP contribution in [0.4, 0.5) is 27.4 Å². The van der Waals surface area contributed by atoms with E-state index >= 15 is 4.39 Å². The first-order chi connectivity index (χ1) is 17.4. The highest BCUT2D eigenvalue weighted by Gasteiger charge is 2.22. The topological polar surface area (TPSA) is 101 Å². The Kier molecular flexibility index (Phi) is 5.54. The van der Waals surface area contributed by atoms with Gasteiger partial charge in [-0.2, -0.15) is 0 Å². The Morgan fingerprint density at radius 3 is 2.89 bits per heavy atom. The number of nitrogens with zero attached hydrogens (tertiary/aromatic N) is 4. The maximum absolute atomic E-state index is 15.4. The lowest BCUT2D eigenvalue weighted by molar-refractivity contribution is 0.310. The number of anilines is 4. The van der Waals surface area contributed by atoms with Gasteiger partial charge in [-0.05, 0) is 55.3 Å². The molecule has 0 fully saturated rings. The van der Waals surface area contributed by atoms with E-state index in [-0.39, 0.29) is 5.69 Å². The molecule has 184 valence electrons. The quantitative estimate of drug-likeness (QED) is 0.338. The minimum absolute atomic E-state index is 0.00905. The van der Waals surface area contributed by atoms with Gasteiger partial charge in [0.15, 0.2) is 5.82 Å². The number of benzene rings is 2. The molecule has 8 nitrogen and oxygen atoms in total. The second-order valence-electron chi connectivity index (χ2n) is 9.24. The Balaban J connectivity index is 1.41. The number of rotatable bonds is 3. The van der Waals surface area contributed by atoms with E-state index in [1.165, 1.54) is 17.3 Å². The van der Waals surface area contributed by atoms with Crippen LogP contribution in [0.3, 0.4) is 0 Å². The molecule has 0 unspecified atom stereocenters. The summed E-state index contributed by atoms with van der Waals surface area (Å²) in [7, 11) is 2.10. The third-order valence-corrected chi connectivity index (χ3v) is 7.15. The van der Waals surface area contributed by atoms with Crippen molar-refractivity contribution in [3.63, 3.8) is 0 Å². The Hall–Kier alpha value is -3.69. The van der Waals surface area contributed by atoms with E-state index in [0.717, 1.165) is 36.4 Å². The number of nitrogen functional groups attached to an aromatic ring is 1. The molecule has 2 aromatic carbocycles. The molecule has 10 heteroatoms. The first-order valence-electron chi connectivity index (χ1n) is 11.8. The average molecular weight is 506 g/mol. The van der Waals surface area contributed by atoms with Crippen LogP contribution in [0.25, 0.3) is 22.0 Å². The van der Waals surface area contributed by atoms with Crippen molar-refractivity contribution in [2.45, 2.75) is 19.9 Å². The summed E-state index contributed by atoms with van der Waals surface area (Å²) in [6.07, 6.45) is 4.10. The van der Waals surface area contributed by atoms with Crippen molar-refractivity contribution in [2.24, 2.45) is 0 Å². The molecule has 4 N–H and O–H groups in total. The zero-order chi connectivity index (χ0) is 25.0. The summed E-state index contributed by atoms with van der Waals surface area (Å²) in [4.78, 5) is 15.7. The van der Waals surface area contributed by atoms with Crippen molar-refractivity contribution in [1.82, 2.24) is 19.9 Å². The summed E-state index contributed by atoms with van der Waals surface area (Å²) in [6.45, 7) is 4.96. The number of nitrogens with one attached hydrogen (secondary N) is 2. The molecule has 36 heavy (non-hydrogen) atoms. The van der Waals surface area contributed by atoms with Gasteiger partial charge in [0.1, 0.15) is 12.3 Å². The van der Waals surface area contributed by atoms with Crippen LogP contribution in [-0.2, 0) is 13.0 Å². The number of nitrogens with two attached hydrogens (primary N) is 1. The molecule has 0 aliphatic carbocycles. The van der Waals surface area contributed by atoms with Crippen LogP contribution >= 0.6 is 11.6 Å². The highest BCUT2D eigenvalue weighted by atomic mass is 35.5. The fraction of sp³-hybridized carbons (Fsp3) is 0.269. The predicted octanol–water partition coefficient (Wildman–Crippen LogP) is 4.91. The van der Waals surface area contributed by atoms with Crippen LogP contribution in [0.2, 0.25) is 5.02 Å². The van der Waals surface area contributed by atoms with Crippen LogP contribution in [0.15, 0.2) is 30.6 Å². The van der Waals surface area contributed by atoms with E-state index in [0.29, 0.717) is 52.0 Å². The number of hydrogen-bond acceptors (Lipinski definition) is 8. The third-order valence-electron chi connectivity index (χ3n) is 6.84. The van der Waals surface area contributed by atoms with E-state index < -0.39 is 5.82 Å². The molecule has 2 aliphatic rings. The second-order valence-corrected chi connectivity index (χ2v) is 9.65. The van der Waals surface area contributed by atoms with Crippen LogP contribution in [0.5, 0.6) is 5.88 Å². The molecule has 6 rings (SSSR count). The first-order valence-corrected chi connectivity index (χ1v) is 12.1. The molecule has 4 heterocycles. The molecule has 0 saturated heterocycles. The average Bonchev–Trinajstić information content (AvgIpc) is 2.87. The normalized spacial score (nSPS) is 15.1. The van der Waals surface area contributed by atoms with Gasteiger partial charge >= 0.3 is 0 Å². The summed E-state index contributed by atoms with van der Waals surface area (Å²) >= 11 is 6.57. The van der Waals surface area contributed by atoms with Crippen molar-refractivity contribution in [1.29, 1.82) is 0 Å². The van der Waals surface area contributed by atoms with Crippen molar-refractivity contribution in [3.8, 4) is 17.0 Å². The first kappa shape index (κ1) is 22.8. The summed E-state index contributed by atoms with van der Waals surface area (Å²) in [5.74, 6) is 0.328. The fourth-order valence-electron chi connectivity index (χ4n) is 4.86. The lowest BCUT2D eigenvalue weighted by Crippen LogP contribution is -2.26. The molecule has 0 saturated carbocycles. The lowest BCUT2D eigenvalue weighted by atomic mass is 9.98. The van der Waals surface area contributed by atoms with Gasteiger partial charge in [-0.1, -0.05) is 11.6 Å². The van der Waals surface area contributed by atoms with E-state index in [1.807, 2.05) is 19.1 Å². The van der Waals surface area contributed by atoms with E-state index in [1.54, 1.807) is 12.3 Å². The molecular weight excluding hydrogens is 481 g/mol. The summed E-state index contributed by atoms with van der Waals surface area (Å²) in [5.41, 5.74) is 12.4. The molecule has 2 aliphatic heterocycles. The number of likely N-dealkylation sites (N-methyl/N-ethyl adjacent to an activating group) is 1. The van der Waals surface area contributed by atoms with Crippen LogP contribution in [0, 0.1) is 12.7 Å². The number of aromatic nitrogens is 3. The van der Waals surface area contributed by atoms with Gasteiger partial charge < -0.3 is 26.0 Å². The van der Waals surface area contributed by atoms with E-state index in [2.05, 4.69) is 37.5 Å². The second kappa shape index (κ2) is 8.76. The highest BCUT2D eigenvalue weighted by Crippen LogP contribution is 2.39. The number of fused-ring (bicyclic) bond motifs is 3.